The Labute approximate surface area is 286 Å². The molecule has 48 heavy (non-hydrogen) atoms. The van der Waals surface area contributed by atoms with Gasteiger partial charge in [0.1, 0.15) is 36.6 Å². The topological polar surface area (TPSA) is 163 Å². The summed E-state index contributed by atoms with van der Waals surface area (Å²) in [4.78, 5) is 25.9. The summed E-state index contributed by atoms with van der Waals surface area (Å²) in [7, 11) is 0. The lowest BCUT2D eigenvalue weighted by molar-refractivity contribution is -0.336. The standard InChI is InChI=1S/C38H62O10/c1-19(2)20(3)35(7)15-16-37(9)23-11-12-26-34(5,6)31(48-33-29(43)28(42)27(41)25(18-39)47-33)24(46-21(4)40)17-36(26,8)22(23)13-14-38(37,10)30(35)32(44)45/h19-20,24-31,33,39,41-43H,11-18H2,1-10H3,(H,44,45)/t20-,24-,25-,26+,27-,28+,29-,30-,31+,33+,35-,36-,37-,38+/m1/s1. The highest BCUT2D eigenvalue weighted by Crippen LogP contribution is 2.73. The van der Waals surface area contributed by atoms with Crippen LogP contribution in [-0.4, -0.2) is 87.0 Å². The number of carboxylic acid groups (broad SMARTS) is 1. The van der Waals surface area contributed by atoms with Crippen molar-refractivity contribution in [2.24, 2.45) is 50.7 Å². The van der Waals surface area contributed by atoms with Crippen LogP contribution in [0.25, 0.3) is 0 Å². The molecule has 0 amide bonds. The first-order valence-corrected chi connectivity index (χ1v) is 18.2. The van der Waals surface area contributed by atoms with E-state index in [0.717, 1.165) is 38.5 Å². The number of carbonyl (C=O) groups is 2. The van der Waals surface area contributed by atoms with E-state index < -0.39 is 78.2 Å². The number of carbonyl (C=O) groups excluding carboxylic acids is 1. The largest absolute Gasteiger partial charge is 0.481 e. The molecule has 0 unspecified atom stereocenters. The van der Waals surface area contributed by atoms with Crippen molar-refractivity contribution in [2.75, 3.05) is 6.61 Å². The van der Waals surface area contributed by atoms with Gasteiger partial charge in [0, 0.05) is 6.92 Å². The molecule has 0 aromatic carbocycles. The molecule has 0 radical (unpaired) electrons. The van der Waals surface area contributed by atoms with E-state index in [1.54, 1.807) is 0 Å². The molecule has 1 saturated heterocycles. The fraction of sp³-hybridized carbons (Fsp3) is 0.895. The van der Waals surface area contributed by atoms with Gasteiger partial charge in [-0.05, 0) is 89.8 Å². The van der Waals surface area contributed by atoms with Crippen LogP contribution in [0, 0.1) is 50.7 Å². The second-order valence-corrected chi connectivity index (χ2v) is 18.0. The monoisotopic (exact) mass is 678 g/mol. The van der Waals surface area contributed by atoms with Crippen LogP contribution in [0.1, 0.15) is 114 Å². The molecule has 4 aliphatic carbocycles. The second kappa shape index (κ2) is 12.6. The molecular weight excluding hydrogens is 616 g/mol. The highest BCUT2D eigenvalue weighted by Gasteiger charge is 2.68. The van der Waals surface area contributed by atoms with Gasteiger partial charge < -0.3 is 39.7 Å². The number of aliphatic carboxylic acids is 1. The van der Waals surface area contributed by atoms with Crippen molar-refractivity contribution in [1.29, 1.82) is 0 Å². The van der Waals surface area contributed by atoms with Gasteiger partial charge in [-0.25, -0.2) is 0 Å². The molecule has 5 aliphatic rings. The average Bonchev–Trinajstić information content (AvgIpc) is 2.98. The van der Waals surface area contributed by atoms with E-state index in [2.05, 4.69) is 62.3 Å². The maximum absolute atomic E-state index is 13.3. The lowest BCUT2D eigenvalue weighted by Crippen LogP contribution is -2.65. The first kappa shape index (κ1) is 37.7. The number of rotatable bonds is 7. The zero-order valence-electron chi connectivity index (χ0n) is 30.8. The summed E-state index contributed by atoms with van der Waals surface area (Å²) in [6, 6.07) is 0. The van der Waals surface area contributed by atoms with Crippen molar-refractivity contribution in [3.05, 3.63) is 11.1 Å². The van der Waals surface area contributed by atoms with Crippen LogP contribution in [0.5, 0.6) is 0 Å². The van der Waals surface area contributed by atoms with Crippen LogP contribution in [0.3, 0.4) is 0 Å². The Bertz CT molecular complexity index is 1290. The Morgan fingerprint density at radius 3 is 2.12 bits per heavy atom. The first-order valence-electron chi connectivity index (χ1n) is 18.2. The highest BCUT2D eigenvalue weighted by atomic mass is 16.7. The minimum atomic E-state index is -1.58. The average molecular weight is 679 g/mol. The predicted molar refractivity (Wildman–Crippen MR) is 178 cm³/mol. The Morgan fingerprint density at radius 2 is 1.56 bits per heavy atom. The molecule has 274 valence electrons. The summed E-state index contributed by atoms with van der Waals surface area (Å²) in [5.41, 5.74) is 0.778. The second-order valence-electron chi connectivity index (χ2n) is 18.0. The van der Waals surface area contributed by atoms with Gasteiger partial charge >= 0.3 is 11.9 Å². The minimum Gasteiger partial charge on any atom is -0.481 e. The van der Waals surface area contributed by atoms with Crippen LogP contribution < -0.4 is 0 Å². The third-order valence-electron chi connectivity index (χ3n) is 15.1. The minimum absolute atomic E-state index is 0.100. The van der Waals surface area contributed by atoms with E-state index in [-0.39, 0.29) is 28.1 Å². The van der Waals surface area contributed by atoms with Crippen molar-refractivity contribution in [3.8, 4) is 0 Å². The number of allylic oxidation sites excluding steroid dienone is 2. The van der Waals surface area contributed by atoms with Crippen LogP contribution in [0.2, 0.25) is 0 Å². The Hall–Kier alpha value is -1.56. The van der Waals surface area contributed by atoms with E-state index in [1.165, 1.54) is 18.1 Å². The summed E-state index contributed by atoms with van der Waals surface area (Å²) in [6.07, 6.45) is -3.04. The third-order valence-corrected chi connectivity index (χ3v) is 15.1. The zero-order chi connectivity index (χ0) is 35.9. The van der Waals surface area contributed by atoms with Crippen molar-refractivity contribution in [2.45, 2.75) is 157 Å². The maximum Gasteiger partial charge on any atom is 0.307 e. The zero-order valence-corrected chi connectivity index (χ0v) is 30.8. The summed E-state index contributed by atoms with van der Waals surface area (Å²) < 4.78 is 18.3. The molecule has 2 saturated carbocycles. The molecule has 3 fully saturated rings. The number of carboxylic acids is 1. The summed E-state index contributed by atoms with van der Waals surface area (Å²) in [5, 5.41) is 52.4. The van der Waals surface area contributed by atoms with E-state index in [4.69, 9.17) is 14.2 Å². The Kier molecular flexibility index (Phi) is 9.88. The highest BCUT2D eigenvalue weighted by molar-refractivity contribution is 5.73. The smallest absolute Gasteiger partial charge is 0.307 e. The van der Waals surface area contributed by atoms with E-state index >= 15 is 0 Å². The van der Waals surface area contributed by atoms with Crippen molar-refractivity contribution < 1.29 is 49.3 Å². The van der Waals surface area contributed by atoms with Gasteiger partial charge in [0.2, 0.25) is 0 Å². The van der Waals surface area contributed by atoms with Gasteiger partial charge in [0.25, 0.3) is 0 Å². The number of fused-ring (bicyclic) bond motifs is 4. The molecule has 10 nitrogen and oxygen atoms in total. The molecule has 14 atom stereocenters. The third kappa shape index (κ3) is 5.42. The van der Waals surface area contributed by atoms with Crippen LogP contribution in [0.4, 0.5) is 0 Å². The fourth-order valence-corrected chi connectivity index (χ4v) is 12.0. The first-order chi connectivity index (χ1) is 22.1. The van der Waals surface area contributed by atoms with Gasteiger partial charge in [-0.15, -0.1) is 0 Å². The van der Waals surface area contributed by atoms with Crippen molar-refractivity contribution in [3.63, 3.8) is 0 Å². The van der Waals surface area contributed by atoms with Gasteiger partial charge in [-0.1, -0.05) is 73.5 Å². The lowest BCUT2D eigenvalue weighted by Gasteiger charge is -2.68. The number of hydrogen-bond acceptors (Lipinski definition) is 9. The molecule has 5 N–H and O–H groups in total. The molecule has 10 heteroatoms. The van der Waals surface area contributed by atoms with Gasteiger partial charge in [-0.3, -0.25) is 9.59 Å². The van der Waals surface area contributed by atoms with Gasteiger partial charge in [0.05, 0.1) is 12.5 Å². The summed E-state index contributed by atoms with van der Waals surface area (Å²) >= 11 is 0. The molecule has 1 aliphatic heterocycles. The van der Waals surface area contributed by atoms with E-state index in [9.17, 15) is 35.1 Å². The molecule has 0 spiro atoms. The maximum atomic E-state index is 13.3. The number of hydrogen-bond donors (Lipinski definition) is 5. The fourth-order valence-electron chi connectivity index (χ4n) is 12.0. The molecule has 0 aromatic heterocycles. The number of ether oxygens (including phenoxy) is 3. The van der Waals surface area contributed by atoms with Crippen molar-refractivity contribution in [1.82, 2.24) is 0 Å². The van der Waals surface area contributed by atoms with Gasteiger partial charge in [0.15, 0.2) is 6.29 Å². The van der Waals surface area contributed by atoms with Crippen LogP contribution in [-0.2, 0) is 23.8 Å². The number of aliphatic hydroxyl groups excluding tert-OH is 4. The molecule has 1 heterocycles. The summed E-state index contributed by atoms with van der Waals surface area (Å²) in [5.74, 6) is -0.892. The molecule has 0 aromatic rings. The van der Waals surface area contributed by atoms with E-state index in [0.29, 0.717) is 12.3 Å². The van der Waals surface area contributed by atoms with Crippen LogP contribution >= 0.6 is 0 Å². The van der Waals surface area contributed by atoms with Crippen molar-refractivity contribution >= 4 is 11.9 Å². The molecular formula is C38H62O10. The normalized spacial score (nSPS) is 47.9. The quantitative estimate of drug-likeness (QED) is 0.186. The van der Waals surface area contributed by atoms with Gasteiger partial charge in [-0.2, -0.15) is 0 Å². The van der Waals surface area contributed by atoms with Crippen LogP contribution in [0.15, 0.2) is 11.1 Å². The Morgan fingerprint density at radius 1 is 0.917 bits per heavy atom. The lowest BCUT2D eigenvalue weighted by atomic mass is 9.36. The Balaban J connectivity index is 1.55. The molecule has 5 rings (SSSR count). The number of aliphatic hydroxyl groups is 4. The predicted octanol–water partition coefficient (Wildman–Crippen LogP) is 4.85. The summed E-state index contributed by atoms with van der Waals surface area (Å²) in [6.45, 7) is 20.7. The SMILES string of the molecule is CC(=O)O[C@@H]1C[C@]2(C)C3=C(CC[C@H]2C(C)(C)[C@H]1O[C@@H]1O[C@H](CO)[C@@H](O)[C@H](O)[C@H]1O)[C@@]1(C)CC[C@](C)([C@H](C)C(C)C)[C@@H](C(=O)O)[C@]1(C)CC3. The molecule has 0 bridgehead atoms. The number of esters is 1. The van der Waals surface area contributed by atoms with E-state index in [1.807, 2.05) is 0 Å².